The van der Waals surface area contributed by atoms with E-state index in [0.717, 1.165) is 38.3 Å². The Hall–Kier alpha value is -1.36. The summed E-state index contributed by atoms with van der Waals surface area (Å²) in [5.74, 6) is 0.102. The van der Waals surface area contributed by atoms with Gasteiger partial charge in [0.1, 0.15) is 0 Å². The molecule has 1 aliphatic heterocycles. The van der Waals surface area contributed by atoms with Crippen molar-refractivity contribution in [1.29, 1.82) is 0 Å². The summed E-state index contributed by atoms with van der Waals surface area (Å²) in [7, 11) is 0. The van der Waals surface area contributed by atoms with Gasteiger partial charge in [-0.2, -0.15) is 5.10 Å². The van der Waals surface area contributed by atoms with E-state index in [1.165, 1.54) is 0 Å². The molecule has 1 unspecified atom stereocenters. The zero-order valence-corrected chi connectivity index (χ0v) is 11.4. The Bertz CT molecular complexity index is 407. The van der Waals surface area contributed by atoms with Crippen LogP contribution in [0.1, 0.15) is 36.3 Å². The van der Waals surface area contributed by atoms with Crippen molar-refractivity contribution in [2.45, 2.75) is 33.2 Å². The number of carbonyl (C=O) groups excluding carboxylic acids is 1. The molecule has 1 fully saturated rings. The zero-order chi connectivity index (χ0) is 13.1. The maximum Gasteiger partial charge on any atom is 0.257 e. The van der Waals surface area contributed by atoms with E-state index in [9.17, 15) is 4.79 Å². The van der Waals surface area contributed by atoms with Gasteiger partial charge in [0.25, 0.3) is 5.91 Å². The van der Waals surface area contributed by atoms with E-state index in [0.29, 0.717) is 11.6 Å². The van der Waals surface area contributed by atoms with E-state index < -0.39 is 0 Å². The average molecular weight is 250 g/mol. The Kier molecular flexibility index (Phi) is 4.01. The Balaban J connectivity index is 1.94. The predicted octanol–water partition coefficient (Wildman–Crippen LogP) is 1.27. The first kappa shape index (κ1) is 13.1. The lowest BCUT2D eigenvalue weighted by Gasteiger charge is -2.37. The topological polar surface area (TPSA) is 52.2 Å². The van der Waals surface area contributed by atoms with Crippen LogP contribution in [-0.4, -0.2) is 58.1 Å². The Morgan fingerprint density at radius 3 is 2.61 bits per heavy atom. The Morgan fingerprint density at radius 2 is 2.11 bits per heavy atom. The molecule has 0 saturated carbocycles. The van der Waals surface area contributed by atoms with Crippen LogP contribution < -0.4 is 0 Å². The monoisotopic (exact) mass is 250 g/mol. The standard InChI is InChI=1S/C13H22N4O/c1-4-10(2)16-5-7-17(8-6-16)13(18)12-9-14-15-11(12)3/h9-10H,4-8H2,1-3H3,(H,14,15). The smallest absolute Gasteiger partial charge is 0.257 e. The molecule has 0 bridgehead atoms. The van der Waals surface area contributed by atoms with E-state index in [1.54, 1.807) is 6.20 Å². The summed E-state index contributed by atoms with van der Waals surface area (Å²) in [6.45, 7) is 9.90. The second-order valence-electron chi connectivity index (χ2n) is 4.99. The minimum absolute atomic E-state index is 0.102. The minimum atomic E-state index is 0.102. The molecule has 1 aromatic heterocycles. The molecule has 2 heterocycles. The maximum absolute atomic E-state index is 12.3. The van der Waals surface area contributed by atoms with Gasteiger partial charge < -0.3 is 4.90 Å². The van der Waals surface area contributed by atoms with Crippen LogP contribution in [0, 0.1) is 6.92 Å². The number of nitrogens with one attached hydrogen (secondary N) is 1. The largest absolute Gasteiger partial charge is 0.336 e. The van der Waals surface area contributed by atoms with E-state index in [1.807, 2.05) is 11.8 Å². The van der Waals surface area contributed by atoms with Gasteiger partial charge in [0.15, 0.2) is 0 Å². The Morgan fingerprint density at radius 1 is 1.44 bits per heavy atom. The van der Waals surface area contributed by atoms with Crippen molar-refractivity contribution >= 4 is 5.91 Å². The van der Waals surface area contributed by atoms with Gasteiger partial charge >= 0.3 is 0 Å². The van der Waals surface area contributed by atoms with Crippen molar-refractivity contribution in [3.63, 3.8) is 0 Å². The van der Waals surface area contributed by atoms with Gasteiger partial charge in [-0.3, -0.25) is 14.8 Å². The van der Waals surface area contributed by atoms with Gasteiger partial charge in [0, 0.05) is 37.9 Å². The maximum atomic E-state index is 12.3. The molecule has 1 N–H and O–H groups in total. The highest BCUT2D eigenvalue weighted by Gasteiger charge is 2.25. The van der Waals surface area contributed by atoms with Gasteiger partial charge in [-0.05, 0) is 20.3 Å². The number of piperazine rings is 1. The number of hydrogen-bond donors (Lipinski definition) is 1. The number of aromatic nitrogens is 2. The van der Waals surface area contributed by atoms with Gasteiger partial charge in [-0.25, -0.2) is 0 Å². The first-order chi connectivity index (χ1) is 8.63. The molecular formula is C13H22N4O. The summed E-state index contributed by atoms with van der Waals surface area (Å²) in [5, 5.41) is 6.73. The van der Waals surface area contributed by atoms with Crippen molar-refractivity contribution in [2.75, 3.05) is 26.2 Å². The van der Waals surface area contributed by atoms with Crippen molar-refractivity contribution in [3.05, 3.63) is 17.5 Å². The van der Waals surface area contributed by atoms with Crippen LogP contribution in [0.25, 0.3) is 0 Å². The normalized spacial score (nSPS) is 18.9. The molecule has 2 rings (SSSR count). The number of aryl methyl sites for hydroxylation is 1. The molecule has 1 atom stereocenters. The summed E-state index contributed by atoms with van der Waals surface area (Å²) in [6, 6.07) is 0.609. The molecule has 5 heteroatoms. The average Bonchev–Trinajstić information content (AvgIpc) is 2.83. The van der Waals surface area contributed by atoms with Crippen LogP contribution >= 0.6 is 0 Å². The summed E-state index contributed by atoms with van der Waals surface area (Å²) < 4.78 is 0. The lowest BCUT2D eigenvalue weighted by atomic mass is 10.1. The summed E-state index contributed by atoms with van der Waals surface area (Å²) in [4.78, 5) is 16.7. The van der Waals surface area contributed by atoms with Crippen molar-refractivity contribution in [3.8, 4) is 0 Å². The summed E-state index contributed by atoms with van der Waals surface area (Å²) in [6.07, 6.45) is 2.79. The molecule has 0 spiro atoms. The third-order valence-electron chi connectivity index (χ3n) is 3.88. The number of nitrogens with zero attached hydrogens (tertiary/aromatic N) is 3. The molecule has 0 aromatic carbocycles. The van der Waals surface area contributed by atoms with Crippen LogP contribution in [0.15, 0.2) is 6.20 Å². The highest BCUT2D eigenvalue weighted by molar-refractivity contribution is 5.95. The van der Waals surface area contributed by atoms with Crippen molar-refractivity contribution in [1.82, 2.24) is 20.0 Å². The summed E-state index contributed by atoms with van der Waals surface area (Å²) in [5.41, 5.74) is 1.55. The molecule has 5 nitrogen and oxygen atoms in total. The molecule has 0 radical (unpaired) electrons. The zero-order valence-electron chi connectivity index (χ0n) is 11.4. The number of rotatable bonds is 3. The summed E-state index contributed by atoms with van der Waals surface area (Å²) >= 11 is 0. The van der Waals surface area contributed by atoms with Crippen LogP contribution in [0.4, 0.5) is 0 Å². The van der Waals surface area contributed by atoms with E-state index >= 15 is 0 Å². The lowest BCUT2D eigenvalue weighted by Crippen LogP contribution is -2.51. The van der Waals surface area contributed by atoms with Gasteiger partial charge in [-0.1, -0.05) is 6.92 Å². The number of aromatic amines is 1. The van der Waals surface area contributed by atoms with Gasteiger partial charge in [0.2, 0.25) is 0 Å². The highest BCUT2D eigenvalue weighted by Crippen LogP contribution is 2.13. The number of hydrogen-bond acceptors (Lipinski definition) is 3. The van der Waals surface area contributed by atoms with E-state index in [2.05, 4.69) is 28.9 Å². The molecule has 0 aliphatic carbocycles. The highest BCUT2D eigenvalue weighted by atomic mass is 16.2. The van der Waals surface area contributed by atoms with Crippen molar-refractivity contribution in [2.24, 2.45) is 0 Å². The first-order valence-corrected chi connectivity index (χ1v) is 6.66. The molecule has 1 aliphatic rings. The molecule has 1 aromatic rings. The molecular weight excluding hydrogens is 228 g/mol. The fraction of sp³-hybridized carbons (Fsp3) is 0.692. The number of H-pyrrole nitrogens is 1. The Labute approximate surface area is 108 Å². The van der Waals surface area contributed by atoms with E-state index in [4.69, 9.17) is 0 Å². The van der Waals surface area contributed by atoms with Crippen LogP contribution in [0.2, 0.25) is 0 Å². The first-order valence-electron chi connectivity index (χ1n) is 6.66. The quantitative estimate of drug-likeness (QED) is 0.879. The van der Waals surface area contributed by atoms with Crippen LogP contribution in [-0.2, 0) is 0 Å². The van der Waals surface area contributed by atoms with Gasteiger partial charge in [0.05, 0.1) is 11.8 Å². The van der Waals surface area contributed by atoms with Gasteiger partial charge in [-0.15, -0.1) is 0 Å². The minimum Gasteiger partial charge on any atom is -0.336 e. The second kappa shape index (κ2) is 5.52. The molecule has 1 saturated heterocycles. The molecule has 100 valence electrons. The number of amides is 1. The fourth-order valence-electron chi connectivity index (χ4n) is 2.36. The SMILES string of the molecule is CCC(C)N1CCN(C(=O)c2cn[nH]c2C)CC1. The second-order valence-corrected chi connectivity index (χ2v) is 4.99. The molecule has 18 heavy (non-hydrogen) atoms. The predicted molar refractivity (Wildman–Crippen MR) is 70.6 cm³/mol. The third-order valence-corrected chi connectivity index (χ3v) is 3.88. The number of carbonyl (C=O) groups is 1. The third kappa shape index (κ3) is 2.56. The van der Waals surface area contributed by atoms with Crippen molar-refractivity contribution < 1.29 is 4.79 Å². The van der Waals surface area contributed by atoms with Crippen LogP contribution in [0.5, 0.6) is 0 Å². The van der Waals surface area contributed by atoms with Crippen LogP contribution in [0.3, 0.4) is 0 Å². The van der Waals surface area contributed by atoms with E-state index in [-0.39, 0.29) is 5.91 Å². The fourth-order valence-corrected chi connectivity index (χ4v) is 2.36. The molecule has 1 amide bonds. The lowest BCUT2D eigenvalue weighted by molar-refractivity contribution is 0.0579.